The van der Waals surface area contributed by atoms with Crippen molar-refractivity contribution in [3.05, 3.63) is 88.3 Å². The first-order valence-electron chi connectivity index (χ1n) is 10.1. The highest BCUT2D eigenvalue weighted by atomic mass is 32.2. The summed E-state index contributed by atoms with van der Waals surface area (Å²) in [6, 6.07) is 19.8. The molecule has 0 bridgehead atoms. The fourth-order valence-corrected chi connectivity index (χ4v) is 5.54. The van der Waals surface area contributed by atoms with Gasteiger partial charge in [0.15, 0.2) is 0 Å². The summed E-state index contributed by atoms with van der Waals surface area (Å²) in [5, 5.41) is 3.80. The smallest absolute Gasteiger partial charge is 0.265 e. The van der Waals surface area contributed by atoms with E-state index in [-0.39, 0.29) is 10.8 Å². The Bertz CT molecular complexity index is 1420. The number of anilines is 2. The molecule has 0 aliphatic heterocycles. The average molecular weight is 465 g/mol. The molecule has 5 nitrogen and oxygen atoms in total. The molecule has 0 unspecified atom stereocenters. The van der Waals surface area contributed by atoms with Crippen molar-refractivity contribution in [3.8, 4) is 0 Å². The lowest BCUT2D eigenvalue weighted by Crippen LogP contribution is -2.26. The number of benzene rings is 3. The number of aryl methyl sites for hydroxylation is 2. The molecule has 1 amide bonds. The van der Waals surface area contributed by atoms with Crippen LogP contribution in [0.25, 0.3) is 10.1 Å². The van der Waals surface area contributed by atoms with Gasteiger partial charge in [0.2, 0.25) is 0 Å². The summed E-state index contributed by atoms with van der Waals surface area (Å²) in [6.07, 6.45) is 0. The summed E-state index contributed by atoms with van der Waals surface area (Å²) in [4.78, 5) is 13.6. The van der Waals surface area contributed by atoms with Crippen molar-refractivity contribution >= 4 is 48.7 Å². The predicted octanol–water partition coefficient (Wildman–Crippen LogP) is 5.90. The molecule has 0 saturated heterocycles. The molecule has 1 N–H and O–H groups in total. The van der Waals surface area contributed by atoms with Crippen LogP contribution in [-0.2, 0) is 10.0 Å². The van der Waals surface area contributed by atoms with E-state index in [1.165, 1.54) is 22.7 Å². The summed E-state index contributed by atoms with van der Waals surface area (Å²) in [5.41, 5.74) is 4.47. The molecule has 3 aromatic carbocycles. The first-order chi connectivity index (χ1) is 15.2. The Balaban J connectivity index is 1.62. The van der Waals surface area contributed by atoms with Crippen LogP contribution in [0, 0.1) is 20.8 Å². The summed E-state index contributed by atoms with van der Waals surface area (Å²) < 4.78 is 28.2. The minimum absolute atomic E-state index is 0.179. The first-order valence-corrected chi connectivity index (χ1v) is 12.4. The molecule has 0 saturated carbocycles. The van der Waals surface area contributed by atoms with E-state index in [0.29, 0.717) is 10.6 Å². The van der Waals surface area contributed by atoms with Gasteiger partial charge in [0.05, 0.1) is 15.5 Å². The van der Waals surface area contributed by atoms with E-state index >= 15 is 0 Å². The molecule has 1 heterocycles. The third-order valence-electron chi connectivity index (χ3n) is 5.62. The molecule has 164 valence electrons. The molecule has 4 aromatic rings. The Morgan fingerprint density at radius 3 is 2.38 bits per heavy atom. The van der Waals surface area contributed by atoms with E-state index in [1.54, 1.807) is 42.5 Å². The van der Waals surface area contributed by atoms with E-state index in [9.17, 15) is 13.2 Å². The van der Waals surface area contributed by atoms with Gasteiger partial charge in [-0.15, -0.1) is 11.3 Å². The number of sulfonamides is 1. The van der Waals surface area contributed by atoms with Crippen molar-refractivity contribution in [2.24, 2.45) is 0 Å². The van der Waals surface area contributed by atoms with Crippen LogP contribution in [0.3, 0.4) is 0 Å². The highest BCUT2D eigenvalue weighted by Crippen LogP contribution is 2.32. The van der Waals surface area contributed by atoms with E-state index in [4.69, 9.17) is 0 Å². The van der Waals surface area contributed by atoms with Crippen molar-refractivity contribution in [1.29, 1.82) is 0 Å². The number of nitrogens with one attached hydrogen (secondary N) is 1. The van der Waals surface area contributed by atoms with Crippen LogP contribution in [0.4, 0.5) is 11.4 Å². The standard InChI is InChI=1S/C25H24N2O3S2/c1-16-8-11-21(12-9-16)32(29,30)27(4)20-10-13-23-19(14-20)15-24(31-23)25(28)26-22-7-5-6-17(2)18(22)3/h5-15H,1-4H3,(H,26,28). The van der Waals surface area contributed by atoms with Gasteiger partial charge >= 0.3 is 0 Å². The van der Waals surface area contributed by atoms with Crippen molar-refractivity contribution in [3.63, 3.8) is 0 Å². The Kier molecular flexibility index (Phi) is 5.79. The molecule has 7 heteroatoms. The van der Waals surface area contributed by atoms with Gasteiger partial charge < -0.3 is 5.32 Å². The first kappa shape index (κ1) is 22.0. The zero-order valence-electron chi connectivity index (χ0n) is 18.3. The fraction of sp³-hybridized carbons (Fsp3) is 0.160. The number of hydrogen-bond acceptors (Lipinski definition) is 4. The zero-order valence-corrected chi connectivity index (χ0v) is 20.0. The molecule has 4 rings (SSSR count). The zero-order chi connectivity index (χ0) is 23.0. The molecule has 0 radical (unpaired) electrons. The lowest BCUT2D eigenvalue weighted by Gasteiger charge is -2.19. The van der Waals surface area contributed by atoms with Crippen LogP contribution in [0.2, 0.25) is 0 Å². The van der Waals surface area contributed by atoms with Gasteiger partial charge in [-0.3, -0.25) is 9.10 Å². The number of thiophene rings is 1. The second-order valence-electron chi connectivity index (χ2n) is 7.82. The molecule has 0 spiro atoms. The predicted molar refractivity (Wildman–Crippen MR) is 132 cm³/mol. The largest absolute Gasteiger partial charge is 0.321 e. The monoisotopic (exact) mass is 464 g/mol. The molecule has 0 fully saturated rings. The number of amides is 1. The maximum atomic E-state index is 13.0. The second-order valence-corrected chi connectivity index (χ2v) is 10.9. The minimum atomic E-state index is -3.68. The number of fused-ring (bicyclic) bond motifs is 1. The highest BCUT2D eigenvalue weighted by Gasteiger charge is 2.22. The van der Waals surface area contributed by atoms with Crippen molar-refractivity contribution in [2.75, 3.05) is 16.7 Å². The third-order valence-corrected chi connectivity index (χ3v) is 8.53. The average Bonchev–Trinajstić information content (AvgIpc) is 3.20. The molecule has 0 aliphatic rings. The van der Waals surface area contributed by atoms with Crippen LogP contribution in [-0.4, -0.2) is 21.4 Å². The van der Waals surface area contributed by atoms with Crippen LogP contribution in [0.1, 0.15) is 26.4 Å². The molecule has 1 aromatic heterocycles. The molecular formula is C25H24N2O3S2. The van der Waals surface area contributed by atoms with Gasteiger partial charge in [-0.2, -0.15) is 0 Å². The van der Waals surface area contributed by atoms with Gasteiger partial charge in [0.25, 0.3) is 15.9 Å². The summed E-state index contributed by atoms with van der Waals surface area (Å²) in [5.74, 6) is -0.179. The fourth-order valence-electron chi connectivity index (χ4n) is 3.42. The maximum Gasteiger partial charge on any atom is 0.265 e. The number of carbonyl (C=O) groups is 1. The Hall–Kier alpha value is -3.16. The van der Waals surface area contributed by atoms with Gasteiger partial charge in [-0.1, -0.05) is 29.8 Å². The molecule has 0 aliphatic carbocycles. The van der Waals surface area contributed by atoms with Gasteiger partial charge in [-0.25, -0.2) is 8.42 Å². The quantitative estimate of drug-likeness (QED) is 0.400. The lowest BCUT2D eigenvalue weighted by atomic mass is 10.1. The van der Waals surface area contributed by atoms with E-state index in [0.717, 1.165) is 32.5 Å². The highest BCUT2D eigenvalue weighted by molar-refractivity contribution is 7.92. The Morgan fingerprint density at radius 1 is 0.938 bits per heavy atom. The summed E-state index contributed by atoms with van der Waals surface area (Å²) in [6.45, 7) is 5.90. The van der Waals surface area contributed by atoms with E-state index in [2.05, 4.69) is 5.32 Å². The SMILES string of the molecule is Cc1ccc(S(=O)(=O)N(C)c2ccc3sc(C(=O)Nc4cccc(C)c4C)cc3c2)cc1. The summed E-state index contributed by atoms with van der Waals surface area (Å²) in [7, 11) is -2.14. The van der Waals surface area contributed by atoms with Crippen molar-refractivity contribution in [1.82, 2.24) is 0 Å². The van der Waals surface area contributed by atoms with Crippen molar-refractivity contribution < 1.29 is 13.2 Å². The normalized spacial score (nSPS) is 11.5. The van der Waals surface area contributed by atoms with Crippen LogP contribution >= 0.6 is 11.3 Å². The van der Waals surface area contributed by atoms with E-state index in [1.807, 2.05) is 45.0 Å². The van der Waals surface area contributed by atoms with Crippen LogP contribution in [0.15, 0.2) is 71.6 Å². The van der Waals surface area contributed by atoms with Gasteiger partial charge in [-0.05, 0) is 79.7 Å². The topological polar surface area (TPSA) is 66.5 Å². The number of carbonyl (C=O) groups excluding carboxylic acids is 1. The Labute approximate surface area is 192 Å². The molecular weight excluding hydrogens is 440 g/mol. The van der Waals surface area contributed by atoms with Crippen LogP contribution < -0.4 is 9.62 Å². The minimum Gasteiger partial charge on any atom is -0.321 e. The molecule has 0 atom stereocenters. The lowest BCUT2D eigenvalue weighted by molar-refractivity contribution is 0.103. The maximum absolute atomic E-state index is 13.0. The summed E-state index contributed by atoms with van der Waals surface area (Å²) >= 11 is 1.38. The Morgan fingerprint density at radius 2 is 1.66 bits per heavy atom. The van der Waals surface area contributed by atoms with Gasteiger partial charge in [0.1, 0.15) is 0 Å². The van der Waals surface area contributed by atoms with E-state index < -0.39 is 10.0 Å². The second kappa shape index (κ2) is 8.41. The third kappa shape index (κ3) is 4.13. The molecule has 32 heavy (non-hydrogen) atoms. The van der Waals surface area contributed by atoms with Crippen molar-refractivity contribution in [2.45, 2.75) is 25.7 Å². The number of hydrogen-bond donors (Lipinski definition) is 1. The number of nitrogens with zero attached hydrogens (tertiary/aromatic N) is 1. The van der Waals surface area contributed by atoms with Gasteiger partial charge in [0, 0.05) is 17.4 Å². The number of rotatable bonds is 5. The van der Waals surface area contributed by atoms with Crippen LogP contribution in [0.5, 0.6) is 0 Å².